The van der Waals surface area contributed by atoms with Gasteiger partial charge in [0.05, 0.1) is 5.54 Å². The van der Waals surface area contributed by atoms with Crippen LogP contribution in [0.4, 0.5) is 4.39 Å². The highest BCUT2D eigenvalue weighted by atomic mass is 35.5. The molecule has 3 rings (SSSR count). The molecule has 0 aromatic heterocycles. The largest absolute Gasteiger partial charge is 0.347 e. The molecule has 1 aliphatic carbocycles. The molecule has 1 saturated heterocycles. The number of benzene rings is 1. The first-order valence-electron chi connectivity index (χ1n) is 7.46. The van der Waals surface area contributed by atoms with Crippen LogP contribution in [0.3, 0.4) is 0 Å². The van der Waals surface area contributed by atoms with Crippen LogP contribution in [0, 0.1) is 11.7 Å². The lowest BCUT2D eigenvalue weighted by Gasteiger charge is -2.18. The number of nitrogens with one attached hydrogen (secondary N) is 2. The van der Waals surface area contributed by atoms with E-state index < -0.39 is 0 Å². The Kier molecular flexibility index (Phi) is 5.22. The molecule has 1 aliphatic heterocycles. The molecule has 116 valence electrons. The molecule has 2 fully saturated rings. The van der Waals surface area contributed by atoms with Crippen molar-refractivity contribution in [2.24, 2.45) is 5.92 Å². The monoisotopic (exact) mass is 312 g/mol. The van der Waals surface area contributed by atoms with E-state index in [1.54, 1.807) is 12.1 Å². The average molecular weight is 313 g/mol. The van der Waals surface area contributed by atoms with E-state index in [2.05, 4.69) is 10.6 Å². The van der Waals surface area contributed by atoms with Crippen LogP contribution in [-0.2, 0) is 10.3 Å². The number of carbonyl (C=O) groups excluding carboxylic acids is 1. The van der Waals surface area contributed by atoms with Crippen molar-refractivity contribution in [1.29, 1.82) is 0 Å². The van der Waals surface area contributed by atoms with Crippen LogP contribution in [0.1, 0.15) is 37.7 Å². The molecular weight excluding hydrogens is 291 g/mol. The van der Waals surface area contributed by atoms with E-state index >= 15 is 0 Å². The van der Waals surface area contributed by atoms with Gasteiger partial charge in [0, 0.05) is 6.42 Å². The minimum atomic E-state index is -0.232. The molecule has 1 atom stereocenters. The van der Waals surface area contributed by atoms with Gasteiger partial charge in [-0.1, -0.05) is 12.1 Å². The molecule has 0 bridgehead atoms. The molecule has 0 spiro atoms. The van der Waals surface area contributed by atoms with Crippen molar-refractivity contribution in [3.05, 3.63) is 35.6 Å². The standard InChI is InChI=1S/C16H21FN2O.ClH/c17-14-4-2-13(3-5-14)16(8-9-16)19-15(20)6-1-12-7-10-18-11-12;/h2-5,12,18H,1,6-11H2,(H,19,20);1H. The molecule has 0 radical (unpaired) electrons. The third kappa shape index (κ3) is 3.95. The zero-order chi connectivity index (χ0) is 14.0. The smallest absolute Gasteiger partial charge is 0.220 e. The summed E-state index contributed by atoms with van der Waals surface area (Å²) in [5.41, 5.74) is 0.799. The molecular formula is C16H22ClFN2O. The van der Waals surface area contributed by atoms with Gasteiger partial charge in [-0.05, 0) is 62.4 Å². The van der Waals surface area contributed by atoms with Gasteiger partial charge in [0.25, 0.3) is 0 Å². The Bertz CT molecular complexity index is 482. The van der Waals surface area contributed by atoms with Crippen LogP contribution in [0.25, 0.3) is 0 Å². The van der Waals surface area contributed by atoms with E-state index in [4.69, 9.17) is 0 Å². The number of hydrogen-bond donors (Lipinski definition) is 2. The van der Waals surface area contributed by atoms with Gasteiger partial charge >= 0.3 is 0 Å². The fourth-order valence-corrected chi connectivity index (χ4v) is 3.01. The van der Waals surface area contributed by atoms with Crippen LogP contribution in [-0.4, -0.2) is 19.0 Å². The normalized spacial score (nSPS) is 22.4. The highest BCUT2D eigenvalue weighted by Crippen LogP contribution is 2.45. The second-order valence-corrected chi connectivity index (χ2v) is 6.03. The highest BCUT2D eigenvalue weighted by molar-refractivity contribution is 5.85. The highest BCUT2D eigenvalue weighted by Gasteiger charge is 2.45. The van der Waals surface area contributed by atoms with Gasteiger partial charge in [-0.15, -0.1) is 12.4 Å². The minimum absolute atomic E-state index is 0. The van der Waals surface area contributed by atoms with E-state index in [9.17, 15) is 9.18 Å². The Labute approximate surface area is 131 Å². The number of carbonyl (C=O) groups is 1. The van der Waals surface area contributed by atoms with Gasteiger partial charge < -0.3 is 10.6 Å². The zero-order valence-corrected chi connectivity index (χ0v) is 12.8. The van der Waals surface area contributed by atoms with Crippen molar-refractivity contribution in [3.8, 4) is 0 Å². The first kappa shape index (κ1) is 16.2. The van der Waals surface area contributed by atoms with Gasteiger partial charge in [-0.25, -0.2) is 4.39 Å². The molecule has 1 unspecified atom stereocenters. The Morgan fingerprint density at radius 2 is 2.05 bits per heavy atom. The van der Waals surface area contributed by atoms with E-state index in [-0.39, 0.29) is 29.7 Å². The molecule has 5 heteroatoms. The Balaban J connectivity index is 0.00000161. The average Bonchev–Trinajstić information content (AvgIpc) is 3.03. The molecule has 1 amide bonds. The van der Waals surface area contributed by atoms with Crippen molar-refractivity contribution < 1.29 is 9.18 Å². The molecule has 2 N–H and O–H groups in total. The topological polar surface area (TPSA) is 41.1 Å². The summed E-state index contributed by atoms with van der Waals surface area (Å²) >= 11 is 0. The predicted molar refractivity (Wildman–Crippen MR) is 82.9 cm³/mol. The Morgan fingerprint density at radius 1 is 1.33 bits per heavy atom. The first-order valence-corrected chi connectivity index (χ1v) is 7.46. The summed E-state index contributed by atoms with van der Waals surface area (Å²) in [5, 5.41) is 6.47. The quantitative estimate of drug-likeness (QED) is 0.878. The lowest BCUT2D eigenvalue weighted by atomic mass is 10.0. The van der Waals surface area contributed by atoms with Gasteiger partial charge in [-0.3, -0.25) is 4.79 Å². The maximum atomic E-state index is 13.0. The van der Waals surface area contributed by atoms with Crippen LogP contribution >= 0.6 is 12.4 Å². The van der Waals surface area contributed by atoms with Crippen molar-refractivity contribution in [1.82, 2.24) is 10.6 Å². The third-order valence-electron chi connectivity index (χ3n) is 4.47. The van der Waals surface area contributed by atoms with Crippen LogP contribution in [0.5, 0.6) is 0 Å². The zero-order valence-electron chi connectivity index (χ0n) is 12.0. The number of rotatable bonds is 5. The molecule has 3 nitrogen and oxygen atoms in total. The number of amides is 1. The summed E-state index contributed by atoms with van der Waals surface area (Å²) in [7, 11) is 0. The Morgan fingerprint density at radius 3 is 2.62 bits per heavy atom. The summed E-state index contributed by atoms with van der Waals surface area (Å²) in [6, 6.07) is 6.49. The lowest BCUT2D eigenvalue weighted by Crippen LogP contribution is -2.35. The molecule has 1 aromatic rings. The van der Waals surface area contributed by atoms with E-state index in [1.165, 1.54) is 18.6 Å². The third-order valence-corrected chi connectivity index (χ3v) is 4.47. The lowest BCUT2D eigenvalue weighted by molar-refractivity contribution is -0.122. The van der Waals surface area contributed by atoms with Gasteiger partial charge in [0.2, 0.25) is 5.91 Å². The minimum Gasteiger partial charge on any atom is -0.347 e. The summed E-state index contributed by atoms with van der Waals surface area (Å²) in [5.74, 6) is 0.532. The van der Waals surface area contributed by atoms with Crippen LogP contribution < -0.4 is 10.6 Å². The number of hydrogen-bond acceptors (Lipinski definition) is 2. The van der Waals surface area contributed by atoms with Gasteiger partial charge in [0.15, 0.2) is 0 Å². The fourth-order valence-electron chi connectivity index (χ4n) is 3.01. The maximum absolute atomic E-state index is 13.0. The molecule has 1 heterocycles. The number of halogens is 2. The summed E-state index contributed by atoms with van der Waals surface area (Å²) in [6.07, 6.45) is 4.63. The van der Waals surface area contributed by atoms with Crippen molar-refractivity contribution in [3.63, 3.8) is 0 Å². The summed E-state index contributed by atoms with van der Waals surface area (Å²) < 4.78 is 13.0. The second-order valence-electron chi connectivity index (χ2n) is 6.03. The second kappa shape index (κ2) is 6.75. The molecule has 2 aliphatic rings. The summed E-state index contributed by atoms with van der Waals surface area (Å²) in [4.78, 5) is 12.1. The first-order chi connectivity index (χ1) is 9.68. The van der Waals surface area contributed by atoms with E-state index in [0.717, 1.165) is 37.9 Å². The van der Waals surface area contributed by atoms with Crippen LogP contribution in [0.15, 0.2) is 24.3 Å². The summed E-state index contributed by atoms with van der Waals surface area (Å²) in [6.45, 7) is 2.11. The van der Waals surface area contributed by atoms with E-state index in [1.807, 2.05) is 0 Å². The molecule has 21 heavy (non-hydrogen) atoms. The van der Waals surface area contributed by atoms with Crippen molar-refractivity contribution in [2.45, 2.75) is 37.6 Å². The fraction of sp³-hybridized carbons (Fsp3) is 0.562. The van der Waals surface area contributed by atoms with Gasteiger partial charge in [-0.2, -0.15) is 0 Å². The SMILES string of the molecule is Cl.O=C(CCC1CCNC1)NC1(c2ccc(F)cc2)CC1. The molecule has 1 saturated carbocycles. The molecule has 1 aromatic carbocycles. The van der Waals surface area contributed by atoms with Crippen LogP contribution in [0.2, 0.25) is 0 Å². The van der Waals surface area contributed by atoms with E-state index in [0.29, 0.717) is 12.3 Å². The predicted octanol–water partition coefficient (Wildman–Crippen LogP) is 2.74. The van der Waals surface area contributed by atoms with Crippen molar-refractivity contribution in [2.75, 3.05) is 13.1 Å². The van der Waals surface area contributed by atoms with Crippen molar-refractivity contribution >= 4 is 18.3 Å². The maximum Gasteiger partial charge on any atom is 0.220 e. The Hall–Kier alpha value is -1.13. The van der Waals surface area contributed by atoms with Gasteiger partial charge in [0.1, 0.15) is 5.82 Å².